The Hall–Kier alpha value is -1.61. The number of rotatable bonds is 7. The van der Waals surface area contributed by atoms with Crippen molar-refractivity contribution < 1.29 is 0 Å². The van der Waals surface area contributed by atoms with Crippen LogP contribution in [0.2, 0.25) is 0 Å². The summed E-state index contributed by atoms with van der Waals surface area (Å²) in [6, 6.07) is 9.35. The molecule has 0 amide bonds. The molecule has 3 nitrogen and oxygen atoms in total. The lowest BCUT2D eigenvalue weighted by atomic mass is 9.97. The number of hydrogen-bond donors (Lipinski definition) is 1. The van der Waals surface area contributed by atoms with Crippen molar-refractivity contribution in [3.05, 3.63) is 53.3 Å². The van der Waals surface area contributed by atoms with Crippen molar-refractivity contribution in [1.29, 1.82) is 0 Å². The summed E-state index contributed by atoms with van der Waals surface area (Å²) in [7, 11) is 1.97. The fourth-order valence-electron chi connectivity index (χ4n) is 2.52. The van der Waals surface area contributed by atoms with Gasteiger partial charge < -0.3 is 5.32 Å². The van der Waals surface area contributed by atoms with E-state index < -0.39 is 0 Å². The highest BCUT2D eigenvalue weighted by atomic mass is 15.2. The van der Waals surface area contributed by atoms with Crippen LogP contribution in [-0.4, -0.2) is 16.3 Å². The molecule has 0 fully saturated rings. The first-order valence-electron chi connectivity index (χ1n) is 7.91. The molecule has 0 saturated carbocycles. The molecule has 3 heteroatoms. The topological polar surface area (TPSA) is 29.9 Å². The van der Waals surface area contributed by atoms with Gasteiger partial charge in [-0.1, -0.05) is 45.0 Å². The highest BCUT2D eigenvalue weighted by Gasteiger charge is 2.13. The molecule has 1 heterocycles. The van der Waals surface area contributed by atoms with Crippen LogP contribution in [0.1, 0.15) is 55.8 Å². The minimum absolute atomic E-state index is 0.337. The van der Waals surface area contributed by atoms with Gasteiger partial charge >= 0.3 is 0 Å². The van der Waals surface area contributed by atoms with Crippen LogP contribution in [0.15, 0.2) is 36.7 Å². The standard InChI is InChI=1S/C18H27N3/c1-5-10-19-18(17-12-20-21(4)13-17)11-15-6-8-16(9-7-15)14(2)3/h6-9,12-14,18-19H,5,10-11H2,1-4H3. The van der Waals surface area contributed by atoms with Gasteiger partial charge in [-0.25, -0.2) is 0 Å². The summed E-state index contributed by atoms with van der Waals surface area (Å²) in [5.74, 6) is 0.589. The van der Waals surface area contributed by atoms with Gasteiger partial charge in [0.2, 0.25) is 0 Å². The van der Waals surface area contributed by atoms with Crippen LogP contribution in [0.4, 0.5) is 0 Å². The second-order valence-corrected chi connectivity index (χ2v) is 6.05. The Labute approximate surface area is 128 Å². The maximum absolute atomic E-state index is 4.30. The molecule has 2 rings (SSSR count). The maximum atomic E-state index is 4.30. The van der Waals surface area contributed by atoms with Crippen molar-refractivity contribution in [2.75, 3.05) is 6.54 Å². The lowest BCUT2D eigenvalue weighted by Gasteiger charge is -2.17. The number of nitrogens with zero attached hydrogens (tertiary/aromatic N) is 2. The van der Waals surface area contributed by atoms with E-state index >= 15 is 0 Å². The molecule has 1 aromatic heterocycles. The third kappa shape index (κ3) is 4.43. The zero-order valence-electron chi connectivity index (χ0n) is 13.6. The van der Waals surface area contributed by atoms with Crippen LogP contribution in [0.3, 0.4) is 0 Å². The summed E-state index contributed by atoms with van der Waals surface area (Å²) in [5, 5.41) is 7.93. The smallest absolute Gasteiger partial charge is 0.0537 e. The normalized spacial score (nSPS) is 12.8. The average molecular weight is 285 g/mol. The van der Waals surface area contributed by atoms with E-state index in [0.717, 1.165) is 19.4 Å². The predicted molar refractivity (Wildman–Crippen MR) is 88.5 cm³/mol. The molecule has 0 radical (unpaired) electrons. The first-order chi connectivity index (χ1) is 10.1. The van der Waals surface area contributed by atoms with E-state index in [-0.39, 0.29) is 0 Å². The third-order valence-corrected chi connectivity index (χ3v) is 3.85. The summed E-state index contributed by atoms with van der Waals surface area (Å²) in [5.41, 5.74) is 4.04. The second kappa shape index (κ2) is 7.41. The van der Waals surface area contributed by atoms with E-state index in [0.29, 0.717) is 12.0 Å². The van der Waals surface area contributed by atoms with Crippen LogP contribution in [0.5, 0.6) is 0 Å². The van der Waals surface area contributed by atoms with Crippen LogP contribution in [0, 0.1) is 0 Å². The van der Waals surface area contributed by atoms with Crippen LogP contribution < -0.4 is 5.32 Å². The minimum Gasteiger partial charge on any atom is -0.310 e. The quantitative estimate of drug-likeness (QED) is 0.838. The van der Waals surface area contributed by atoms with Crippen LogP contribution in [-0.2, 0) is 13.5 Å². The van der Waals surface area contributed by atoms with Crippen LogP contribution in [0.25, 0.3) is 0 Å². The van der Waals surface area contributed by atoms with Gasteiger partial charge in [0.1, 0.15) is 0 Å². The highest BCUT2D eigenvalue weighted by molar-refractivity contribution is 5.26. The Kier molecular flexibility index (Phi) is 5.57. The van der Waals surface area contributed by atoms with Crippen molar-refractivity contribution in [2.45, 2.75) is 45.6 Å². The largest absolute Gasteiger partial charge is 0.310 e. The minimum atomic E-state index is 0.337. The molecular formula is C18H27N3. The van der Waals surface area contributed by atoms with E-state index in [4.69, 9.17) is 0 Å². The van der Waals surface area contributed by atoms with Gasteiger partial charge in [0, 0.05) is 24.8 Å². The van der Waals surface area contributed by atoms with Crippen LogP contribution >= 0.6 is 0 Å². The van der Waals surface area contributed by atoms with E-state index in [1.165, 1.54) is 16.7 Å². The molecule has 2 aromatic rings. The number of aryl methyl sites for hydroxylation is 1. The monoisotopic (exact) mass is 285 g/mol. The van der Waals surface area contributed by atoms with Crippen molar-refractivity contribution >= 4 is 0 Å². The first-order valence-corrected chi connectivity index (χ1v) is 7.91. The molecule has 0 aliphatic rings. The Morgan fingerprint density at radius 1 is 1.14 bits per heavy atom. The molecule has 0 spiro atoms. The van der Waals surface area contributed by atoms with Crippen molar-refractivity contribution in [2.24, 2.45) is 7.05 Å². The summed E-state index contributed by atoms with van der Waals surface area (Å²) in [6.07, 6.45) is 6.22. The fraction of sp³-hybridized carbons (Fsp3) is 0.500. The zero-order chi connectivity index (χ0) is 15.2. The summed E-state index contributed by atoms with van der Waals surface area (Å²) in [6.45, 7) is 7.70. The van der Waals surface area contributed by atoms with Gasteiger partial charge in [0.15, 0.2) is 0 Å². The number of nitrogens with one attached hydrogen (secondary N) is 1. The molecular weight excluding hydrogens is 258 g/mol. The van der Waals surface area contributed by atoms with E-state index in [1.807, 2.05) is 17.9 Å². The van der Waals surface area contributed by atoms with Crippen molar-refractivity contribution in [3.8, 4) is 0 Å². The molecule has 114 valence electrons. The molecule has 1 atom stereocenters. The molecule has 0 bridgehead atoms. The van der Waals surface area contributed by atoms with Crippen molar-refractivity contribution in [3.63, 3.8) is 0 Å². The Bertz CT molecular complexity index is 540. The molecule has 1 unspecified atom stereocenters. The lowest BCUT2D eigenvalue weighted by Crippen LogP contribution is -2.23. The highest BCUT2D eigenvalue weighted by Crippen LogP contribution is 2.20. The second-order valence-electron chi connectivity index (χ2n) is 6.05. The Morgan fingerprint density at radius 2 is 1.86 bits per heavy atom. The van der Waals surface area contributed by atoms with Gasteiger partial charge in [-0.05, 0) is 36.4 Å². The Morgan fingerprint density at radius 3 is 2.38 bits per heavy atom. The van der Waals surface area contributed by atoms with Crippen molar-refractivity contribution in [1.82, 2.24) is 15.1 Å². The average Bonchev–Trinajstić information content (AvgIpc) is 2.90. The number of aromatic nitrogens is 2. The van der Waals surface area contributed by atoms with Gasteiger partial charge in [0.05, 0.1) is 6.20 Å². The molecule has 0 aliphatic carbocycles. The molecule has 21 heavy (non-hydrogen) atoms. The van der Waals surface area contributed by atoms with Gasteiger partial charge in [0.25, 0.3) is 0 Å². The number of hydrogen-bond acceptors (Lipinski definition) is 2. The van der Waals surface area contributed by atoms with Gasteiger partial charge in [-0.3, -0.25) is 4.68 Å². The first kappa shape index (κ1) is 15.8. The van der Waals surface area contributed by atoms with E-state index in [2.05, 4.69) is 61.6 Å². The molecule has 0 saturated heterocycles. The predicted octanol–water partition coefficient (Wildman–Crippen LogP) is 3.83. The van der Waals surface area contributed by atoms with Gasteiger partial charge in [-0.2, -0.15) is 5.10 Å². The van der Waals surface area contributed by atoms with Gasteiger partial charge in [-0.15, -0.1) is 0 Å². The SMILES string of the molecule is CCCNC(Cc1ccc(C(C)C)cc1)c1cnn(C)c1. The number of benzene rings is 1. The molecule has 0 aliphatic heterocycles. The lowest BCUT2D eigenvalue weighted by molar-refractivity contribution is 0.529. The maximum Gasteiger partial charge on any atom is 0.0537 e. The fourth-order valence-corrected chi connectivity index (χ4v) is 2.52. The Balaban J connectivity index is 2.10. The zero-order valence-corrected chi connectivity index (χ0v) is 13.6. The third-order valence-electron chi connectivity index (χ3n) is 3.85. The molecule has 1 N–H and O–H groups in total. The summed E-state index contributed by atoms with van der Waals surface area (Å²) in [4.78, 5) is 0. The van der Waals surface area contributed by atoms with E-state index in [1.54, 1.807) is 0 Å². The summed E-state index contributed by atoms with van der Waals surface area (Å²) >= 11 is 0. The molecule has 1 aromatic carbocycles. The van der Waals surface area contributed by atoms with E-state index in [9.17, 15) is 0 Å². The summed E-state index contributed by atoms with van der Waals surface area (Å²) < 4.78 is 1.87.